The summed E-state index contributed by atoms with van der Waals surface area (Å²) in [5.41, 5.74) is 0.643. The maximum Gasteiger partial charge on any atom is 0.211 e. The van der Waals surface area contributed by atoms with Crippen molar-refractivity contribution in [2.24, 2.45) is 0 Å². The Morgan fingerprint density at radius 1 is 1.67 bits per heavy atom. The third kappa shape index (κ3) is 2.66. The van der Waals surface area contributed by atoms with Gasteiger partial charge in [-0.15, -0.1) is 0 Å². The Morgan fingerprint density at radius 3 is 3.20 bits per heavy atom. The van der Waals surface area contributed by atoms with Crippen LogP contribution in [-0.4, -0.2) is 30.6 Å². The summed E-state index contributed by atoms with van der Waals surface area (Å²) in [5.74, 6) is 0.676. The molecule has 0 unspecified atom stereocenters. The van der Waals surface area contributed by atoms with Gasteiger partial charge in [0.2, 0.25) is 6.41 Å². The molecule has 0 aliphatic carbocycles. The molecule has 5 nitrogen and oxygen atoms in total. The molecule has 1 fully saturated rings. The first kappa shape index (κ1) is 9.92. The molecular formula is C10H13N3O2. The van der Waals surface area contributed by atoms with Gasteiger partial charge in [-0.25, -0.2) is 0 Å². The molecule has 0 bridgehead atoms. The van der Waals surface area contributed by atoms with E-state index in [-0.39, 0.29) is 0 Å². The number of aromatic nitrogens is 1. The van der Waals surface area contributed by atoms with Gasteiger partial charge in [0.15, 0.2) is 0 Å². The molecule has 1 aliphatic rings. The highest BCUT2D eigenvalue weighted by molar-refractivity contribution is 5.71. The molecule has 80 valence electrons. The zero-order valence-corrected chi connectivity index (χ0v) is 8.27. The second-order valence-corrected chi connectivity index (χ2v) is 3.42. The number of carbonyl (C=O) groups excluding carboxylic acids is 1. The lowest BCUT2D eigenvalue weighted by atomic mass is 10.1. The lowest BCUT2D eigenvalue weighted by Gasteiger charge is -2.27. The lowest BCUT2D eigenvalue weighted by molar-refractivity contribution is -0.105. The molecule has 1 aliphatic heterocycles. The smallest absolute Gasteiger partial charge is 0.211 e. The minimum atomic E-state index is 0.452. The molecule has 1 saturated heterocycles. The van der Waals surface area contributed by atoms with Gasteiger partial charge in [0, 0.05) is 12.1 Å². The van der Waals surface area contributed by atoms with E-state index in [2.05, 4.69) is 15.6 Å². The second kappa shape index (κ2) is 4.75. The van der Waals surface area contributed by atoms with Gasteiger partial charge >= 0.3 is 0 Å². The van der Waals surface area contributed by atoms with Crippen molar-refractivity contribution in [3.05, 3.63) is 18.5 Å². The molecule has 5 heteroatoms. The quantitative estimate of drug-likeness (QED) is 0.686. The van der Waals surface area contributed by atoms with E-state index in [0.717, 1.165) is 13.0 Å². The van der Waals surface area contributed by atoms with Crippen LogP contribution in [0.5, 0.6) is 5.75 Å². The van der Waals surface area contributed by atoms with E-state index in [1.807, 2.05) is 0 Å². The average molecular weight is 207 g/mol. The predicted molar refractivity (Wildman–Crippen MR) is 55.8 cm³/mol. The van der Waals surface area contributed by atoms with Crippen LogP contribution in [0, 0.1) is 0 Å². The Bertz CT molecular complexity index is 339. The fraction of sp³-hybridized carbons (Fsp3) is 0.400. The number of ether oxygens (including phenoxy) is 1. The number of carbonyl (C=O) groups is 1. The van der Waals surface area contributed by atoms with Gasteiger partial charge in [-0.1, -0.05) is 0 Å². The number of anilines is 1. The first-order valence-electron chi connectivity index (χ1n) is 4.90. The normalized spacial score (nSPS) is 19.1. The first-order valence-corrected chi connectivity index (χ1v) is 4.90. The number of rotatable bonds is 5. The van der Waals surface area contributed by atoms with Gasteiger partial charge in [-0.05, 0) is 13.0 Å². The van der Waals surface area contributed by atoms with Crippen molar-refractivity contribution in [2.45, 2.75) is 12.5 Å². The van der Waals surface area contributed by atoms with Gasteiger partial charge in [-0.2, -0.15) is 0 Å². The van der Waals surface area contributed by atoms with E-state index >= 15 is 0 Å². The minimum Gasteiger partial charge on any atom is -0.490 e. The molecule has 0 aromatic carbocycles. The Labute approximate surface area is 87.8 Å². The van der Waals surface area contributed by atoms with Crippen LogP contribution < -0.4 is 15.4 Å². The van der Waals surface area contributed by atoms with Crippen molar-refractivity contribution in [1.82, 2.24) is 10.3 Å². The van der Waals surface area contributed by atoms with Gasteiger partial charge in [0.05, 0.1) is 18.1 Å². The Kier molecular flexibility index (Phi) is 3.14. The molecule has 15 heavy (non-hydrogen) atoms. The second-order valence-electron chi connectivity index (χ2n) is 3.42. The van der Waals surface area contributed by atoms with Gasteiger partial charge in [0.25, 0.3) is 0 Å². The standard InChI is InChI=1S/C10H13N3O2/c14-7-13-9-3-10(5-11-4-9)15-6-8-1-2-12-8/h3-5,7-8,12H,1-2,6H2,(H,13,14)/t8-/m0/s1. The molecule has 2 N–H and O–H groups in total. The van der Waals surface area contributed by atoms with Crippen LogP contribution in [-0.2, 0) is 4.79 Å². The van der Waals surface area contributed by atoms with Crippen molar-refractivity contribution in [2.75, 3.05) is 18.5 Å². The van der Waals surface area contributed by atoms with Crippen LogP contribution >= 0.6 is 0 Å². The fourth-order valence-electron chi connectivity index (χ4n) is 1.33. The Morgan fingerprint density at radius 2 is 2.53 bits per heavy atom. The summed E-state index contributed by atoms with van der Waals surface area (Å²) >= 11 is 0. The lowest BCUT2D eigenvalue weighted by Crippen LogP contribution is -2.46. The number of amides is 1. The van der Waals surface area contributed by atoms with E-state index in [9.17, 15) is 4.79 Å². The SMILES string of the molecule is O=CNc1cncc(OC[C@@H]2CCN2)c1. The van der Waals surface area contributed by atoms with Crippen LogP contribution in [0.25, 0.3) is 0 Å². The molecule has 2 heterocycles. The molecule has 1 aromatic rings. The van der Waals surface area contributed by atoms with Gasteiger partial charge in [0.1, 0.15) is 12.4 Å². The maximum absolute atomic E-state index is 10.2. The summed E-state index contributed by atoms with van der Waals surface area (Å²) in [7, 11) is 0. The third-order valence-electron chi connectivity index (χ3n) is 2.32. The first-order chi connectivity index (χ1) is 7.38. The molecule has 2 rings (SSSR count). The number of nitrogens with one attached hydrogen (secondary N) is 2. The summed E-state index contributed by atoms with van der Waals surface area (Å²) in [4.78, 5) is 14.2. The molecule has 0 radical (unpaired) electrons. The fourth-order valence-corrected chi connectivity index (χ4v) is 1.33. The highest BCUT2D eigenvalue weighted by atomic mass is 16.5. The van der Waals surface area contributed by atoms with Crippen molar-refractivity contribution >= 4 is 12.1 Å². The van der Waals surface area contributed by atoms with E-state index in [1.54, 1.807) is 18.5 Å². The van der Waals surface area contributed by atoms with Crippen LogP contribution in [0.1, 0.15) is 6.42 Å². The summed E-state index contributed by atoms with van der Waals surface area (Å²) in [6.07, 6.45) is 4.98. The molecule has 1 atom stereocenters. The average Bonchev–Trinajstić information content (AvgIpc) is 2.16. The van der Waals surface area contributed by atoms with E-state index in [0.29, 0.717) is 30.5 Å². The summed E-state index contributed by atoms with van der Waals surface area (Å²) in [5, 5.41) is 5.76. The zero-order chi connectivity index (χ0) is 10.5. The minimum absolute atomic E-state index is 0.452. The number of hydrogen-bond donors (Lipinski definition) is 2. The van der Waals surface area contributed by atoms with Crippen molar-refractivity contribution in [3.8, 4) is 5.75 Å². The van der Waals surface area contributed by atoms with Crippen molar-refractivity contribution in [1.29, 1.82) is 0 Å². The molecular weight excluding hydrogens is 194 g/mol. The van der Waals surface area contributed by atoms with E-state index < -0.39 is 0 Å². The third-order valence-corrected chi connectivity index (χ3v) is 2.32. The molecule has 1 amide bonds. The number of nitrogens with zero attached hydrogens (tertiary/aromatic N) is 1. The number of hydrogen-bond acceptors (Lipinski definition) is 4. The van der Waals surface area contributed by atoms with Crippen LogP contribution in [0.3, 0.4) is 0 Å². The van der Waals surface area contributed by atoms with Gasteiger partial charge in [-0.3, -0.25) is 9.78 Å². The predicted octanol–water partition coefficient (Wildman–Crippen LogP) is 0.391. The zero-order valence-electron chi connectivity index (χ0n) is 8.27. The molecule has 1 aromatic heterocycles. The van der Waals surface area contributed by atoms with Crippen molar-refractivity contribution in [3.63, 3.8) is 0 Å². The van der Waals surface area contributed by atoms with Crippen LogP contribution in [0.15, 0.2) is 18.5 Å². The monoisotopic (exact) mass is 207 g/mol. The highest BCUT2D eigenvalue weighted by Gasteiger charge is 2.16. The van der Waals surface area contributed by atoms with Gasteiger partial charge < -0.3 is 15.4 Å². The summed E-state index contributed by atoms with van der Waals surface area (Å²) in [6, 6.07) is 2.20. The summed E-state index contributed by atoms with van der Waals surface area (Å²) < 4.78 is 5.52. The topological polar surface area (TPSA) is 63.2 Å². The van der Waals surface area contributed by atoms with Crippen LogP contribution in [0.4, 0.5) is 5.69 Å². The molecule has 0 spiro atoms. The van der Waals surface area contributed by atoms with Crippen LogP contribution in [0.2, 0.25) is 0 Å². The van der Waals surface area contributed by atoms with E-state index in [4.69, 9.17) is 4.74 Å². The highest BCUT2D eigenvalue weighted by Crippen LogP contribution is 2.15. The summed E-state index contributed by atoms with van der Waals surface area (Å²) in [6.45, 7) is 1.71. The number of pyridine rings is 1. The maximum atomic E-state index is 10.2. The Hall–Kier alpha value is -1.62. The van der Waals surface area contributed by atoms with Crippen molar-refractivity contribution < 1.29 is 9.53 Å². The Balaban J connectivity index is 1.88. The van der Waals surface area contributed by atoms with E-state index in [1.165, 1.54) is 0 Å². The largest absolute Gasteiger partial charge is 0.490 e. The molecule has 0 saturated carbocycles.